The Morgan fingerprint density at radius 1 is 0.935 bits per heavy atom. The van der Waals surface area contributed by atoms with Gasteiger partial charge >= 0.3 is 12.1 Å². The monoisotopic (exact) mass is 417 g/mol. The number of hydrogen-bond acceptors (Lipinski definition) is 4. The number of ether oxygens (including phenoxy) is 2. The smallest absolute Gasteiger partial charge is 0.407 e. The number of amides is 1. The Morgan fingerprint density at radius 3 is 2.10 bits per heavy atom. The van der Waals surface area contributed by atoms with Crippen LogP contribution in [0.15, 0.2) is 72.8 Å². The van der Waals surface area contributed by atoms with Crippen LogP contribution in [0.4, 0.5) is 4.79 Å². The van der Waals surface area contributed by atoms with Crippen molar-refractivity contribution in [2.24, 2.45) is 0 Å². The highest BCUT2D eigenvalue weighted by atomic mass is 16.5. The Kier molecular flexibility index (Phi) is 5.89. The first-order valence-corrected chi connectivity index (χ1v) is 10.1. The average Bonchev–Trinajstić information content (AvgIpc) is 3.11. The average molecular weight is 417 g/mol. The molecule has 31 heavy (non-hydrogen) atoms. The van der Waals surface area contributed by atoms with Crippen molar-refractivity contribution in [3.05, 3.63) is 89.5 Å². The maximum Gasteiger partial charge on any atom is 0.407 e. The normalized spacial score (nSPS) is 13.1. The van der Waals surface area contributed by atoms with Crippen LogP contribution in [-0.4, -0.2) is 29.9 Å². The molecule has 0 heterocycles. The third-order valence-corrected chi connectivity index (χ3v) is 5.36. The second-order valence-electron chi connectivity index (χ2n) is 7.42. The van der Waals surface area contributed by atoms with Crippen LogP contribution in [-0.2, 0) is 16.1 Å². The van der Waals surface area contributed by atoms with Crippen LogP contribution in [0.1, 0.15) is 29.5 Å². The number of carbonyl (C=O) groups excluding carboxylic acids is 1. The Bertz CT molecular complexity index is 1050. The standard InChI is InChI=1S/C25H23NO5/c1-16(24(27)28)31-18-12-10-17(11-13-18)14-26-25(29)30-15-23-21-8-4-2-6-19(21)20-7-3-5-9-22(20)23/h2-13,16,23H,14-15H2,1H3,(H,26,29)(H,27,28). The summed E-state index contributed by atoms with van der Waals surface area (Å²) in [5, 5.41) is 11.6. The van der Waals surface area contributed by atoms with Crippen LogP contribution in [0.5, 0.6) is 5.75 Å². The summed E-state index contributed by atoms with van der Waals surface area (Å²) >= 11 is 0. The Labute approximate surface area is 180 Å². The Balaban J connectivity index is 1.32. The molecule has 0 radical (unpaired) electrons. The van der Waals surface area contributed by atoms with Gasteiger partial charge < -0.3 is 19.9 Å². The van der Waals surface area contributed by atoms with Crippen LogP contribution in [0, 0.1) is 0 Å². The first kappa shape index (κ1) is 20.5. The van der Waals surface area contributed by atoms with Crippen molar-refractivity contribution in [1.82, 2.24) is 5.32 Å². The highest BCUT2D eigenvalue weighted by molar-refractivity contribution is 5.79. The molecule has 1 atom stereocenters. The van der Waals surface area contributed by atoms with Crippen molar-refractivity contribution in [1.29, 1.82) is 0 Å². The van der Waals surface area contributed by atoms with Gasteiger partial charge in [-0.1, -0.05) is 60.7 Å². The second-order valence-corrected chi connectivity index (χ2v) is 7.42. The fourth-order valence-corrected chi connectivity index (χ4v) is 3.76. The third-order valence-electron chi connectivity index (χ3n) is 5.36. The number of benzene rings is 3. The van der Waals surface area contributed by atoms with E-state index in [1.165, 1.54) is 29.2 Å². The SMILES string of the molecule is CC(Oc1ccc(CNC(=O)OCC2c3ccccc3-c3ccccc32)cc1)C(=O)O. The van der Waals surface area contributed by atoms with E-state index in [0.29, 0.717) is 12.3 Å². The van der Waals surface area contributed by atoms with Gasteiger partial charge in [-0.05, 0) is 46.9 Å². The number of carbonyl (C=O) groups is 2. The lowest BCUT2D eigenvalue weighted by Gasteiger charge is -2.15. The number of alkyl carbamates (subject to hydrolysis) is 1. The molecule has 3 aromatic rings. The van der Waals surface area contributed by atoms with E-state index in [1.807, 2.05) is 24.3 Å². The van der Waals surface area contributed by atoms with E-state index >= 15 is 0 Å². The second kappa shape index (κ2) is 8.92. The summed E-state index contributed by atoms with van der Waals surface area (Å²) in [6.45, 7) is 2.03. The van der Waals surface area contributed by atoms with Gasteiger partial charge in [-0.2, -0.15) is 0 Å². The van der Waals surface area contributed by atoms with Gasteiger partial charge in [0.25, 0.3) is 0 Å². The minimum atomic E-state index is -1.03. The predicted octanol–water partition coefficient (Wildman–Crippen LogP) is 4.58. The summed E-state index contributed by atoms with van der Waals surface area (Å²) in [6, 6.07) is 23.3. The highest BCUT2D eigenvalue weighted by Gasteiger charge is 2.28. The zero-order valence-electron chi connectivity index (χ0n) is 17.1. The molecule has 0 spiro atoms. The molecule has 0 aromatic heterocycles. The van der Waals surface area contributed by atoms with Crippen LogP contribution < -0.4 is 10.1 Å². The number of aliphatic carboxylic acids is 1. The Hall–Kier alpha value is -3.80. The first-order valence-electron chi connectivity index (χ1n) is 10.1. The minimum absolute atomic E-state index is 0.0193. The lowest BCUT2D eigenvalue weighted by Crippen LogP contribution is -2.25. The van der Waals surface area contributed by atoms with Crippen molar-refractivity contribution in [3.63, 3.8) is 0 Å². The summed E-state index contributed by atoms with van der Waals surface area (Å²) in [4.78, 5) is 23.1. The van der Waals surface area contributed by atoms with Gasteiger partial charge in [0.05, 0.1) is 0 Å². The van der Waals surface area contributed by atoms with Gasteiger partial charge in [-0.15, -0.1) is 0 Å². The van der Waals surface area contributed by atoms with Crippen molar-refractivity contribution in [2.45, 2.75) is 25.5 Å². The van der Waals surface area contributed by atoms with E-state index in [9.17, 15) is 9.59 Å². The molecular weight excluding hydrogens is 394 g/mol. The fourth-order valence-electron chi connectivity index (χ4n) is 3.76. The molecule has 6 nitrogen and oxygen atoms in total. The maximum absolute atomic E-state index is 12.3. The molecule has 0 bridgehead atoms. The molecule has 0 aliphatic heterocycles. The number of fused-ring (bicyclic) bond motifs is 3. The van der Waals surface area contributed by atoms with Gasteiger partial charge in [0.15, 0.2) is 6.10 Å². The maximum atomic E-state index is 12.3. The fraction of sp³-hybridized carbons (Fsp3) is 0.200. The van der Waals surface area contributed by atoms with Crippen molar-refractivity contribution < 1.29 is 24.2 Å². The van der Waals surface area contributed by atoms with Gasteiger partial charge in [0.1, 0.15) is 12.4 Å². The van der Waals surface area contributed by atoms with Gasteiger partial charge in [-0.3, -0.25) is 0 Å². The summed E-state index contributed by atoms with van der Waals surface area (Å²) < 4.78 is 10.8. The molecular formula is C25H23NO5. The van der Waals surface area contributed by atoms with E-state index in [0.717, 1.165) is 5.56 Å². The quantitative estimate of drug-likeness (QED) is 0.588. The van der Waals surface area contributed by atoms with E-state index in [-0.39, 0.29) is 12.5 Å². The Morgan fingerprint density at radius 2 is 1.52 bits per heavy atom. The number of carboxylic acid groups (broad SMARTS) is 1. The minimum Gasteiger partial charge on any atom is -0.479 e. The largest absolute Gasteiger partial charge is 0.479 e. The molecule has 0 saturated carbocycles. The topological polar surface area (TPSA) is 84.9 Å². The molecule has 1 amide bonds. The number of nitrogens with one attached hydrogen (secondary N) is 1. The van der Waals surface area contributed by atoms with E-state index in [1.54, 1.807) is 24.3 Å². The summed E-state index contributed by atoms with van der Waals surface area (Å²) in [7, 11) is 0. The van der Waals surface area contributed by atoms with Crippen LogP contribution in [0.2, 0.25) is 0 Å². The molecule has 1 aliphatic carbocycles. The van der Waals surface area contributed by atoms with Crippen molar-refractivity contribution >= 4 is 12.1 Å². The molecule has 1 aliphatic rings. The molecule has 0 fully saturated rings. The van der Waals surface area contributed by atoms with E-state index in [2.05, 4.69) is 29.6 Å². The van der Waals surface area contributed by atoms with Crippen LogP contribution >= 0.6 is 0 Å². The predicted molar refractivity (Wildman–Crippen MR) is 116 cm³/mol. The summed E-state index contributed by atoms with van der Waals surface area (Å²) in [5.41, 5.74) is 5.56. The summed E-state index contributed by atoms with van der Waals surface area (Å²) in [5.74, 6) is -0.549. The zero-order valence-corrected chi connectivity index (χ0v) is 17.1. The molecule has 1 unspecified atom stereocenters. The van der Waals surface area contributed by atoms with Crippen LogP contribution in [0.3, 0.4) is 0 Å². The van der Waals surface area contributed by atoms with Crippen molar-refractivity contribution in [3.8, 4) is 16.9 Å². The zero-order chi connectivity index (χ0) is 21.8. The highest BCUT2D eigenvalue weighted by Crippen LogP contribution is 2.44. The first-order chi connectivity index (χ1) is 15.0. The molecule has 3 aromatic carbocycles. The molecule has 0 saturated heterocycles. The van der Waals surface area contributed by atoms with Gasteiger partial charge in [-0.25, -0.2) is 9.59 Å². The van der Waals surface area contributed by atoms with Gasteiger partial charge in [0, 0.05) is 12.5 Å². The lowest BCUT2D eigenvalue weighted by molar-refractivity contribution is -0.144. The van der Waals surface area contributed by atoms with Crippen molar-refractivity contribution in [2.75, 3.05) is 6.61 Å². The third kappa shape index (κ3) is 4.53. The molecule has 6 heteroatoms. The molecule has 158 valence electrons. The van der Waals surface area contributed by atoms with Gasteiger partial charge in [0.2, 0.25) is 0 Å². The number of rotatable bonds is 7. The van der Waals surface area contributed by atoms with E-state index < -0.39 is 18.2 Å². The molecule has 4 rings (SSSR count). The lowest BCUT2D eigenvalue weighted by atomic mass is 9.98. The molecule has 2 N–H and O–H groups in total. The number of carboxylic acids is 1. The summed E-state index contributed by atoms with van der Waals surface area (Å²) in [6.07, 6.45) is -1.41. The van der Waals surface area contributed by atoms with Crippen LogP contribution in [0.25, 0.3) is 11.1 Å². The number of hydrogen-bond donors (Lipinski definition) is 2. The van der Waals surface area contributed by atoms with E-state index in [4.69, 9.17) is 14.6 Å².